The van der Waals surface area contributed by atoms with E-state index in [1.165, 1.54) is 12.1 Å². The van der Waals surface area contributed by atoms with E-state index in [0.717, 1.165) is 4.90 Å². The van der Waals surface area contributed by atoms with Crippen molar-refractivity contribution in [2.75, 3.05) is 13.2 Å². The molecule has 0 radical (unpaired) electrons. The molecule has 29 heavy (non-hydrogen) atoms. The number of nitrogens with zero attached hydrogens (tertiary/aromatic N) is 1. The van der Waals surface area contributed by atoms with E-state index in [1.807, 2.05) is 6.07 Å². The molecular formula is C21H22NO6P. The molecule has 1 aliphatic rings. The van der Waals surface area contributed by atoms with Crippen LogP contribution in [0.25, 0.3) is 0 Å². The van der Waals surface area contributed by atoms with Crippen LogP contribution in [0.15, 0.2) is 54.6 Å². The third-order valence-corrected chi connectivity index (χ3v) is 6.60. The van der Waals surface area contributed by atoms with Crippen LogP contribution in [-0.2, 0) is 24.8 Å². The van der Waals surface area contributed by atoms with Crippen LogP contribution in [0.1, 0.15) is 40.1 Å². The molecule has 3 rings (SSSR count). The predicted molar refractivity (Wildman–Crippen MR) is 107 cm³/mol. The van der Waals surface area contributed by atoms with Crippen molar-refractivity contribution in [1.29, 1.82) is 0 Å². The second-order valence-corrected chi connectivity index (χ2v) is 8.35. The first kappa shape index (κ1) is 21.1. The molecule has 1 unspecified atom stereocenters. The fourth-order valence-corrected chi connectivity index (χ4v) is 4.88. The van der Waals surface area contributed by atoms with Crippen molar-refractivity contribution < 1.29 is 28.0 Å². The summed E-state index contributed by atoms with van der Waals surface area (Å²) in [6.45, 7) is 3.16. The summed E-state index contributed by atoms with van der Waals surface area (Å²) in [6, 6.07) is 14.0. The van der Waals surface area contributed by atoms with Gasteiger partial charge in [-0.15, -0.1) is 0 Å². The molecule has 0 bridgehead atoms. The van der Waals surface area contributed by atoms with Crippen LogP contribution >= 0.6 is 7.60 Å². The van der Waals surface area contributed by atoms with E-state index in [2.05, 4.69) is 0 Å². The number of rotatable bonds is 9. The number of hydrogen-bond acceptors (Lipinski definition) is 6. The summed E-state index contributed by atoms with van der Waals surface area (Å²) >= 11 is 0. The van der Waals surface area contributed by atoms with Crippen LogP contribution < -0.4 is 0 Å². The first-order valence-corrected chi connectivity index (χ1v) is 10.9. The fourth-order valence-electron chi connectivity index (χ4n) is 3.30. The van der Waals surface area contributed by atoms with Crippen molar-refractivity contribution in [2.24, 2.45) is 0 Å². The lowest BCUT2D eigenvalue weighted by atomic mass is 10.1. The summed E-state index contributed by atoms with van der Waals surface area (Å²) in [6.07, 6.45) is 0.00921. The second kappa shape index (κ2) is 8.82. The zero-order valence-corrected chi connectivity index (χ0v) is 17.1. The highest BCUT2D eigenvalue weighted by atomic mass is 31.2. The maximum absolute atomic E-state index is 13.3. The van der Waals surface area contributed by atoms with Crippen molar-refractivity contribution >= 4 is 24.9 Å². The molecule has 0 fully saturated rings. The molecule has 1 heterocycles. The minimum Gasteiger partial charge on any atom is -0.303 e. The van der Waals surface area contributed by atoms with Crippen molar-refractivity contribution in [2.45, 2.75) is 26.3 Å². The Bertz CT molecular complexity index is 929. The largest absolute Gasteiger partial charge is 0.398 e. The quantitative estimate of drug-likeness (QED) is 0.458. The Morgan fingerprint density at radius 1 is 0.897 bits per heavy atom. The van der Waals surface area contributed by atoms with E-state index in [9.17, 15) is 18.9 Å². The molecular weight excluding hydrogens is 393 g/mol. The summed E-state index contributed by atoms with van der Waals surface area (Å²) in [7, 11) is -4.19. The fraction of sp³-hybridized carbons (Fsp3) is 0.286. The lowest BCUT2D eigenvalue weighted by Gasteiger charge is -2.28. The van der Waals surface area contributed by atoms with Gasteiger partial charge in [0.1, 0.15) is 6.04 Å². The van der Waals surface area contributed by atoms with E-state index in [0.29, 0.717) is 5.56 Å². The Labute approximate surface area is 169 Å². The van der Waals surface area contributed by atoms with Crippen LogP contribution in [0, 0.1) is 0 Å². The average molecular weight is 415 g/mol. The molecule has 0 spiro atoms. The van der Waals surface area contributed by atoms with Crippen LogP contribution in [0.4, 0.5) is 0 Å². The van der Waals surface area contributed by atoms with Gasteiger partial charge < -0.3 is 9.05 Å². The number of imide groups is 1. The van der Waals surface area contributed by atoms with Gasteiger partial charge in [0.15, 0.2) is 0 Å². The number of carbonyl (C=O) groups is 3. The number of fused-ring (bicyclic) bond motifs is 1. The molecule has 2 amide bonds. The van der Waals surface area contributed by atoms with Crippen LogP contribution in [0.2, 0.25) is 0 Å². The van der Waals surface area contributed by atoms with E-state index in [4.69, 9.17) is 9.05 Å². The normalized spacial score (nSPS) is 14.8. The standard InChI is InChI=1S/C21H22NO6P/c1-3-27-29(26,28-4-2)21(25)18(14-15-10-6-5-7-11-15)22-19(23)16-12-8-9-13-17(16)20(22)24/h5-13,18H,3-4,14H2,1-2H3. The lowest BCUT2D eigenvalue weighted by Crippen LogP contribution is -2.46. The van der Waals surface area contributed by atoms with Crippen LogP contribution in [0.3, 0.4) is 0 Å². The highest BCUT2D eigenvalue weighted by molar-refractivity contribution is 7.72. The van der Waals surface area contributed by atoms with Gasteiger partial charge in [0.05, 0.1) is 24.3 Å². The van der Waals surface area contributed by atoms with Gasteiger partial charge in [0.25, 0.3) is 17.3 Å². The Balaban J connectivity index is 2.05. The highest BCUT2D eigenvalue weighted by Gasteiger charge is 2.49. The van der Waals surface area contributed by atoms with Crippen molar-refractivity contribution in [3.05, 3.63) is 71.3 Å². The van der Waals surface area contributed by atoms with Gasteiger partial charge in [-0.25, -0.2) is 0 Å². The van der Waals surface area contributed by atoms with E-state index < -0.39 is 31.0 Å². The summed E-state index contributed by atoms with van der Waals surface area (Å²) in [5, 5.41) is 0. The van der Waals surface area contributed by atoms with Gasteiger partial charge >= 0.3 is 7.60 Å². The molecule has 8 heteroatoms. The molecule has 1 atom stereocenters. The van der Waals surface area contributed by atoms with Gasteiger partial charge in [0, 0.05) is 6.42 Å². The van der Waals surface area contributed by atoms with Crippen molar-refractivity contribution in [3.63, 3.8) is 0 Å². The molecule has 0 aromatic heterocycles. The van der Waals surface area contributed by atoms with Crippen molar-refractivity contribution in [3.8, 4) is 0 Å². The maximum atomic E-state index is 13.3. The van der Waals surface area contributed by atoms with Crippen LogP contribution in [-0.4, -0.2) is 41.5 Å². The summed E-state index contributed by atoms with van der Waals surface area (Å²) < 4.78 is 23.5. The Kier molecular flexibility index (Phi) is 6.42. The Morgan fingerprint density at radius 2 is 1.38 bits per heavy atom. The van der Waals surface area contributed by atoms with Gasteiger partial charge in [-0.3, -0.25) is 23.8 Å². The summed E-state index contributed by atoms with van der Waals surface area (Å²) in [5.74, 6) is -1.20. The minimum atomic E-state index is -4.19. The number of hydrogen-bond donors (Lipinski definition) is 0. The molecule has 0 aliphatic carbocycles. The predicted octanol–water partition coefficient (Wildman–Crippen LogP) is 3.69. The third-order valence-electron chi connectivity index (χ3n) is 4.56. The molecule has 1 aliphatic heterocycles. The van der Waals surface area contributed by atoms with Gasteiger partial charge in [-0.2, -0.15) is 0 Å². The molecule has 0 saturated carbocycles. The third kappa shape index (κ3) is 4.08. The van der Waals surface area contributed by atoms with E-state index in [-0.39, 0.29) is 30.8 Å². The SMILES string of the molecule is CCOP(=O)(OCC)C(=O)C(Cc1ccccc1)N1C(=O)c2ccccc2C1=O. The monoisotopic (exact) mass is 415 g/mol. The number of amides is 2. The minimum absolute atomic E-state index is 0.00921. The zero-order valence-electron chi connectivity index (χ0n) is 16.2. The summed E-state index contributed by atoms with van der Waals surface area (Å²) in [5.41, 5.74) is 0.235. The average Bonchev–Trinajstić information content (AvgIpc) is 2.98. The Hall–Kier alpha value is -2.60. The second-order valence-electron chi connectivity index (χ2n) is 6.40. The molecule has 152 valence electrons. The number of benzene rings is 2. The van der Waals surface area contributed by atoms with Crippen LogP contribution in [0.5, 0.6) is 0 Å². The van der Waals surface area contributed by atoms with Gasteiger partial charge in [-0.1, -0.05) is 42.5 Å². The van der Waals surface area contributed by atoms with Gasteiger partial charge in [-0.05, 0) is 31.5 Å². The van der Waals surface area contributed by atoms with Gasteiger partial charge in [0.2, 0.25) is 0 Å². The molecule has 2 aromatic carbocycles. The van der Waals surface area contributed by atoms with E-state index in [1.54, 1.807) is 50.2 Å². The highest BCUT2D eigenvalue weighted by Crippen LogP contribution is 2.51. The van der Waals surface area contributed by atoms with Crippen molar-refractivity contribution in [1.82, 2.24) is 4.90 Å². The molecule has 0 saturated heterocycles. The smallest absolute Gasteiger partial charge is 0.303 e. The lowest BCUT2D eigenvalue weighted by molar-refractivity contribution is -0.117. The van der Waals surface area contributed by atoms with E-state index >= 15 is 0 Å². The number of carbonyl (C=O) groups excluding carboxylic acids is 3. The first-order chi connectivity index (χ1) is 13.9. The summed E-state index contributed by atoms with van der Waals surface area (Å²) in [4.78, 5) is 40.1. The Morgan fingerprint density at radius 3 is 1.86 bits per heavy atom. The maximum Gasteiger partial charge on any atom is 0.398 e. The first-order valence-electron chi connectivity index (χ1n) is 9.37. The molecule has 7 nitrogen and oxygen atoms in total. The molecule has 0 N–H and O–H groups in total. The topological polar surface area (TPSA) is 90.0 Å². The molecule has 2 aromatic rings. The zero-order chi connectivity index (χ0) is 21.0.